The third-order valence-corrected chi connectivity index (χ3v) is 3.23. The number of likely N-dealkylation sites (tertiary alicyclic amines) is 1. The molecule has 0 aromatic carbocycles. The summed E-state index contributed by atoms with van der Waals surface area (Å²) in [5.41, 5.74) is -0.817. The molecule has 1 heterocycles. The number of amides is 1. The molecule has 0 aliphatic carbocycles. The summed E-state index contributed by atoms with van der Waals surface area (Å²) in [6.45, 7) is 0.954. The summed E-state index contributed by atoms with van der Waals surface area (Å²) < 4.78 is 4.90. The van der Waals surface area contributed by atoms with Gasteiger partial charge in [-0.05, 0) is 19.3 Å². The molecule has 1 fully saturated rings. The van der Waals surface area contributed by atoms with E-state index in [0.29, 0.717) is 25.9 Å². The van der Waals surface area contributed by atoms with Crippen molar-refractivity contribution in [3.05, 3.63) is 0 Å². The van der Waals surface area contributed by atoms with Crippen molar-refractivity contribution >= 4 is 12.1 Å². The molecule has 16 heavy (non-hydrogen) atoms. The minimum atomic E-state index is -0.981. The van der Waals surface area contributed by atoms with Crippen LogP contribution in [0.1, 0.15) is 19.3 Å². The molecule has 0 bridgehead atoms. The van der Waals surface area contributed by atoms with E-state index >= 15 is 0 Å². The van der Waals surface area contributed by atoms with Crippen LogP contribution >= 0.6 is 0 Å². The highest BCUT2D eigenvalue weighted by Gasteiger charge is 2.41. The lowest BCUT2D eigenvalue weighted by Gasteiger charge is -2.37. The Morgan fingerprint density at radius 3 is 2.25 bits per heavy atom. The van der Waals surface area contributed by atoms with Crippen LogP contribution in [0.15, 0.2) is 0 Å². The molecule has 6 heteroatoms. The summed E-state index contributed by atoms with van der Waals surface area (Å²) in [5.74, 6) is -0.852. The number of ether oxygens (including phenoxy) is 1. The molecule has 0 spiro atoms. The van der Waals surface area contributed by atoms with Gasteiger partial charge in [-0.25, -0.2) is 4.79 Å². The third kappa shape index (κ3) is 2.63. The summed E-state index contributed by atoms with van der Waals surface area (Å²) in [4.78, 5) is 23.2. The first-order chi connectivity index (χ1) is 7.52. The van der Waals surface area contributed by atoms with E-state index in [0.717, 1.165) is 0 Å². The fraction of sp³-hybridized carbons (Fsp3) is 0.800. The van der Waals surface area contributed by atoms with E-state index < -0.39 is 17.5 Å². The number of hydrogen-bond acceptors (Lipinski definition) is 3. The van der Waals surface area contributed by atoms with Crippen LogP contribution in [0.2, 0.25) is 0 Å². The van der Waals surface area contributed by atoms with Crippen molar-refractivity contribution < 1.29 is 24.5 Å². The van der Waals surface area contributed by atoms with Gasteiger partial charge < -0.3 is 19.8 Å². The zero-order valence-electron chi connectivity index (χ0n) is 9.31. The summed E-state index contributed by atoms with van der Waals surface area (Å²) in [5, 5.41) is 18.0. The van der Waals surface area contributed by atoms with Gasteiger partial charge >= 0.3 is 12.1 Å². The second kappa shape index (κ2) is 5.16. The molecule has 0 atom stereocenters. The quantitative estimate of drug-likeness (QED) is 0.749. The van der Waals surface area contributed by atoms with E-state index in [1.165, 1.54) is 12.0 Å². The van der Waals surface area contributed by atoms with Crippen molar-refractivity contribution in [3.63, 3.8) is 0 Å². The van der Waals surface area contributed by atoms with Gasteiger partial charge in [-0.15, -0.1) is 0 Å². The average molecular weight is 231 g/mol. The van der Waals surface area contributed by atoms with Crippen molar-refractivity contribution in [1.82, 2.24) is 4.90 Å². The number of hydrogen-bond donors (Lipinski definition) is 2. The molecule has 1 aliphatic heterocycles. The van der Waals surface area contributed by atoms with Crippen molar-refractivity contribution in [1.29, 1.82) is 0 Å². The first kappa shape index (κ1) is 12.8. The molecule has 0 unspecified atom stereocenters. The summed E-state index contributed by atoms with van der Waals surface area (Å²) in [6.07, 6.45) is 0.174. The molecule has 0 radical (unpaired) electrons. The largest absolute Gasteiger partial charge is 0.481 e. The monoisotopic (exact) mass is 231 g/mol. The SMILES string of the molecule is COCCC1(C(=O)O)CCN(C(=O)O)CC1. The van der Waals surface area contributed by atoms with Crippen molar-refractivity contribution in [2.24, 2.45) is 5.41 Å². The normalized spacial score (nSPS) is 19.4. The molecule has 92 valence electrons. The topological polar surface area (TPSA) is 87.1 Å². The van der Waals surface area contributed by atoms with E-state index in [1.54, 1.807) is 0 Å². The average Bonchev–Trinajstić information content (AvgIpc) is 2.26. The third-order valence-electron chi connectivity index (χ3n) is 3.23. The maximum absolute atomic E-state index is 11.2. The predicted octanol–water partition coefficient (Wildman–Crippen LogP) is 0.868. The second-order valence-corrected chi connectivity index (χ2v) is 4.10. The molecule has 1 aliphatic rings. The van der Waals surface area contributed by atoms with Crippen LogP contribution in [0.25, 0.3) is 0 Å². The van der Waals surface area contributed by atoms with Crippen LogP contribution in [0.4, 0.5) is 4.79 Å². The Bertz CT molecular complexity index is 270. The van der Waals surface area contributed by atoms with E-state index in [1.807, 2.05) is 0 Å². The number of aliphatic carboxylic acids is 1. The molecule has 1 amide bonds. The van der Waals surface area contributed by atoms with Gasteiger partial charge in [0.05, 0.1) is 5.41 Å². The molecule has 0 aromatic heterocycles. The minimum Gasteiger partial charge on any atom is -0.481 e. The van der Waals surface area contributed by atoms with Gasteiger partial charge in [0.15, 0.2) is 0 Å². The van der Waals surface area contributed by atoms with Crippen molar-refractivity contribution in [2.75, 3.05) is 26.8 Å². The lowest BCUT2D eigenvalue weighted by molar-refractivity contribution is -0.153. The Hall–Kier alpha value is -1.30. The van der Waals surface area contributed by atoms with Gasteiger partial charge in [-0.2, -0.15) is 0 Å². The minimum absolute atomic E-state index is 0.283. The molecule has 6 nitrogen and oxygen atoms in total. The molecule has 0 aromatic rings. The lowest BCUT2D eigenvalue weighted by atomic mass is 9.76. The number of piperidine rings is 1. The highest BCUT2D eigenvalue weighted by atomic mass is 16.5. The van der Waals surface area contributed by atoms with Crippen LogP contribution in [-0.4, -0.2) is 54.0 Å². The van der Waals surface area contributed by atoms with Crippen molar-refractivity contribution in [3.8, 4) is 0 Å². The Kier molecular flexibility index (Phi) is 4.12. The van der Waals surface area contributed by atoms with Gasteiger partial charge in [0.25, 0.3) is 0 Å². The number of methoxy groups -OCH3 is 1. The van der Waals surface area contributed by atoms with Crippen molar-refractivity contribution in [2.45, 2.75) is 19.3 Å². The molecule has 1 saturated heterocycles. The standard InChI is InChI=1S/C10H17NO5/c1-16-7-4-10(8(12)13)2-5-11(6-3-10)9(14)15/h2-7H2,1H3,(H,12,13)(H,14,15). The number of carboxylic acids is 1. The van der Waals surface area contributed by atoms with E-state index in [9.17, 15) is 14.7 Å². The van der Waals surface area contributed by atoms with Crippen LogP contribution in [0.3, 0.4) is 0 Å². The predicted molar refractivity (Wildman–Crippen MR) is 55.4 cm³/mol. The first-order valence-corrected chi connectivity index (χ1v) is 5.22. The highest BCUT2D eigenvalue weighted by molar-refractivity contribution is 5.75. The van der Waals surface area contributed by atoms with E-state index in [-0.39, 0.29) is 13.1 Å². The molecular weight excluding hydrogens is 214 g/mol. The Morgan fingerprint density at radius 2 is 1.88 bits per heavy atom. The highest BCUT2D eigenvalue weighted by Crippen LogP contribution is 2.35. The molecule has 1 rings (SSSR count). The summed E-state index contributed by atoms with van der Waals surface area (Å²) >= 11 is 0. The number of rotatable bonds is 4. The second-order valence-electron chi connectivity index (χ2n) is 4.10. The summed E-state index contributed by atoms with van der Waals surface area (Å²) in [6, 6.07) is 0. The Balaban J connectivity index is 2.62. The van der Waals surface area contributed by atoms with E-state index in [2.05, 4.69) is 0 Å². The summed E-state index contributed by atoms with van der Waals surface area (Å²) in [7, 11) is 1.53. The Morgan fingerprint density at radius 1 is 1.31 bits per heavy atom. The smallest absolute Gasteiger partial charge is 0.407 e. The van der Waals surface area contributed by atoms with Gasteiger partial charge in [-0.3, -0.25) is 4.79 Å². The lowest BCUT2D eigenvalue weighted by Crippen LogP contribution is -2.46. The zero-order valence-corrected chi connectivity index (χ0v) is 9.31. The number of carboxylic acid groups (broad SMARTS) is 2. The zero-order chi connectivity index (χ0) is 12.2. The molecular formula is C10H17NO5. The van der Waals surface area contributed by atoms with Gasteiger partial charge in [0.1, 0.15) is 0 Å². The van der Waals surface area contributed by atoms with Gasteiger partial charge in [0, 0.05) is 26.8 Å². The van der Waals surface area contributed by atoms with Crippen LogP contribution < -0.4 is 0 Å². The molecule has 2 N–H and O–H groups in total. The fourth-order valence-corrected chi connectivity index (χ4v) is 1.99. The van der Waals surface area contributed by atoms with Crippen LogP contribution in [0, 0.1) is 5.41 Å². The maximum atomic E-state index is 11.2. The van der Waals surface area contributed by atoms with Gasteiger partial charge in [0.2, 0.25) is 0 Å². The Labute approximate surface area is 93.8 Å². The fourth-order valence-electron chi connectivity index (χ4n) is 1.99. The number of nitrogens with zero attached hydrogens (tertiary/aromatic N) is 1. The maximum Gasteiger partial charge on any atom is 0.407 e. The van der Waals surface area contributed by atoms with E-state index in [4.69, 9.17) is 9.84 Å². The van der Waals surface area contributed by atoms with Crippen LogP contribution in [0.5, 0.6) is 0 Å². The molecule has 0 saturated carbocycles. The van der Waals surface area contributed by atoms with Gasteiger partial charge in [-0.1, -0.05) is 0 Å². The number of carbonyl (C=O) groups is 2. The first-order valence-electron chi connectivity index (χ1n) is 5.22. The van der Waals surface area contributed by atoms with Crippen LogP contribution in [-0.2, 0) is 9.53 Å².